The van der Waals surface area contributed by atoms with E-state index in [0.29, 0.717) is 12.2 Å². The van der Waals surface area contributed by atoms with E-state index in [4.69, 9.17) is 4.74 Å². The Morgan fingerprint density at radius 1 is 1.25 bits per heavy atom. The second-order valence-electron chi connectivity index (χ2n) is 6.28. The Morgan fingerprint density at radius 2 is 2.04 bits per heavy atom. The Bertz CT molecular complexity index is 1010. The van der Waals surface area contributed by atoms with E-state index in [2.05, 4.69) is 50.8 Å². The number of carbonyl (C=O) groups excluding carboxylic acids is 1. The van der Waals surface area contributed by atoms with Crippen LogP contribution in [-0.2, 0) is 6.54 Å². The number of fused-ring (bicyclic) bond motifs is 1. The Morgan fingerprint density at radius 3 is 2.75 bits per heavy atom. The lowest BCUT2D eigenvalue weighted by Crippen LogP contribution is -2.18. The molecule has 2 aromatic carbocycles. The summed E-state index contributed by atoms with van der Waals surface area (Å²) in [6.45, 7) is 3.64. The molecule has 0 aliphatic heterocycles. The maximum Gasteiger partial charge on any atom is 0.279 e. The van der Waals surface area contributed by atoms with Crippen molar-refractivity contribution in [1.29, 1.82) is 0 Å². The highest BCUT2D eigenvalue weighted by Crippen LogP contribution is 2.22. The molecule has 0 bridgehead atoms. The molecular weight excluding hydrogens is 456 g/mol. The predicted octanol–water partition coefficient (Wildman–Crippen LogP) is 5.75. The highest BCUT2D eigenvalue weighted by Gasteiger charge is 2.10. The molecule has 28 heavy (non-hydrogen) atoms. The van der Waals surface area contributed by atoms with Gasteiger partial charge in [0.05, 0.1) is 16.8 Å². The van der Waals surface area contributed by atoms with Gasteiger partial charge in [-0.2, -0.15) is 16.8 Å². The molecule has 1 amide bonds. The molecule has 0 aliphatic carbocycles. The van der Waals surface area contributed by atoms with Gasteiger partial charge in [0.1, 0.15) is 5.75 Å². The normalized spacial score (nSPS) is 11.9. The fourth-order valence-corrected chi connectivity index (χ4v) is 4.68. The van der Waals surface area contributed by atoms with Gasteiger partial charge in [-0.1, -0.05) is 40.6 Å². The monoisotopic (exact) mass is 478 g/mol. The van der Waals surface area contributed by atoms with Gasteiger partial charge in [0, 0.05) is 22.3 Å². The molecule has 0 atom stereocenters. The summed E-state index contributed by atoms with van der Waals surface area (Å²) in [7, 11) is 0. The van der Waals surface area contributed by atoms with Crippen LogP contribution in [0, 0.1) is 0 Å². The third-order valence-corrected chi connectivity index (χ3v) is 6.35. The van der Waals surface area contributed by atoms with E-state index in [9.17, 15) is 4.79 Å². The van der Waals surface area contributed by atoms with E-state index in [-0.39, 0.29) is 5.91 Å². The van der Waals surface area contributed by atoms with Gasteiger partial charge >= 0.3 is 0 Å². The van der Waals surface area contributed by atoms with Crippen LogP contribution in [0.4, 0.5) is 0 Å². The number of carbonyl (C=O) groups is 1. The van der Waals surface area contributed by atoms with Crippen LogP contribution >= 0.6 is 39.0 Å². The standard InChI is InChI=1S/C21H23BrN2O2S2/c1-3-4-12-26-17-8-5-15(6-9-17)20(25)23-21-24(11-13-27-2)18-10-7-16(22)14-19(18)28-21/h5-10,14H,3-4,11-13H2,1-2H3. The van der Waals surface area contributed by atoms with E-state index in [1.807, 2.05) is 18.2 Å². The third kappa shape index (κ3) is 5.27. The number of nitrogens with zero attached hydrogens (tertiary/aromatic N) is 2. The smallest absolute Gasteiger partial charge is 0.279 e. The number of halogens is 1. The van der Waals surface area contributed by atoms with Crippen molar-refractivity contribution < 1.29 is 9.53 Å². The molecule has 1 aromatic heterocycles. The number of thiazole rings is 1. The summed E-state index contributed by atoms with van der Waals surface area (Å²) in [5, 5.41) is 0. The molecular formula is C21H23BrN2O2S2. The molecule has 0 unspecified atom stereocenters. The van der Waals surface area contributed by atoms with Gasteiger partial charge < -0.3 is 9.30 Å². The van der Waals surface area contributed by atoms with Crippen LogP contribution in [0.3, 0.4) is 0 Å². The Labute approximate surface area is 181 Å². The molecule has 0 saturated heterocycles. The highest BCUT2D eigenvalue weighted by atomic mass is 79.9. The number of aromatic nitrogens is 1. The summed E-state index contributed by atoms with van der Waals surface area (Å²) in [6, 6.07) is 13.4. The fourth-order valence-electron chi connectivity index (χ4n) is 2.71. The second kappa shape index (κ2) is 10.3. The first-order valence-corrected chi connectivity index (χ1v) is 12.2. The second-order valence-corrected chi connectivity index (χ2v) is 9.19. The molecule has 0 saturated carbocycles. The molecule has 7 heteroatoms. The van der Waals surface area contributed by atoms with Gasteiger partial charge in [0.25, 0.3) is 5.91 Å². The first-order chi connectivity index (χ1) is 13.6. The third-order valence-electron chi connectivity index (χ3n) is 4.23. The summed E-state index contributed by atoms with van der Waals surface area (Å²) in [4.78, 5) is 17.9. The molecule has 0 spiro atoms. The molecule has 3 rings (SSSR count). The summed E-state index contributed by atoms with van der Waals surface area (Å²) < 4.78 is 9.93. The van der Waals surface area contributed by atoms with Gasteiger partial charge in [0.15, 0.2) is 4.80 Å². The number of amides is 1. The minimum Gasteiger partial charge on any atom is -0.494 e. The number of thioether (sulfide) groups is 1. The van der Waals surface area contributed by atoms with E-state index in [0.717, 1.165) is 50.4 Å². The number of rotatable bonds is 8. The van der Waals surface area contributed by atoms with E-state index in [1.165, 1.54) is 11.3 Å². The van der Waals surface area contributed by atoms with Crippen molar-refractivity contribution in [1.82, 2.24) is 4.57 Å². The fraction of sp³-hybridized carbons (Fsp3) is 0.333. The van der Waals surface area contributed by atoms with Crippen LogP contribution in [0.25, 0.3) is 10.2 Å². The minimum atomic E-state index is -0.233. The van der Waals surface area contributed by atoms with Crippen molar-refractivity contribution in [2.75, 3.05) is 18.6 Å². The van der Waals surface area contributed by atoms with Crippen LogP contribution < -0.4 is 9.54 Å². The van der Waals surface area contributed by atoms with Crippen molar-refractivity contribution in [2.24, 2.45) is 4.99 Å². The molecule has 0 N–H and O–H groups in total. The lowest BCUT2D eigenvalue weighted by atomic mass is 10.2. The number of ether oxygens (including phenoxy) is 1. The number of aryl methyl sites for hydroxylation is 1. The van der Waals surface area contributed by atoms with E-state index < -0.39 is 0 Å². The predicted molar refractivity (Wildman–Crippen MR) is 123 cm³/mol. The van der Waals surface area contributed by atoms with Crippen LogP contribution in [0.5, 0.6) is 5.75 Å². The van der Waals surface area contributed by atoms with Gasteiger partial charge in [0.2, 0.25) is 0 Å². The number of hydrogen-bond acceptors (Lipinski definition) is 4. The van der Waals surface area contributed by atoms with Gasteiger partial charge in [-0.3, -0.25) is 4.79 Å². The molecule has 4 nitrogen and oxygen atoms in total. The van der Waals surface area contributed by atoms with Crippen LogP contribution in [0.1, 0.15) is 30.1 Å². The maximum absolute atomic E-state index is 12.7. The summed E-state index contributed by atoms with van der Waals surface area (Å²) >= 11 is 6.84. The lowest BCUT2D eigenvalue weighted by Gasteiger charge is -2.05. The molecule has 1 heterocycles. The highest BCUT2D eigenvalue weighted by molar-refractivity contribution is 9.10. The molecule has 3 aromatic rings. The Hall–Kier alpha value is -1.57. The van der Waals surface area contributed by atoms with Crippen LogP contribution in [0.2, 0.25) is 0 Å². The van der Waals surface area contributed by atoms with Crippen molar-refractivity contribution >= 4 is 55.2 Å². The largest absolute Gasteiger partial charge is 0.494 e. The van der Waals surface area contributed by atoms with Crippen LogP contribution in [0.15, 0.2) is 51.9 Å². The molecule has 0 radical (unpaired) electrons. The summed E-state index contributed by atoms with van der Waals surface area (Å²) in [5.74, 6) is 1.52. The zero-order chi connectivity index (χ0) is 19.9. The molecule has 0 aliphatic rings. The SMILES string of the molecule is CCCCOc1ccc(C(=O)N=c2sc3cc(Br)ccc3n2CCSC)cc1. The van der Waals surface area contributed by atoms with Gasteiger partial charge in [-0.15, -0.1) is 0 Å². The van der Waals surface area contributed by atoms with Gasteiger partial charge in [-0.05, 0) is 55.1 Å². The van der Waals surface area contributed by atoms with Crippen molar-refractivity contribution in [2.45, 2.75) is 26.3 Å². The van der Waals surface area contributed by atoms with Gasteiger partial charge in [-0.25, -0.2) is 0 Å². The molecule has 0 fully saturated rings. The zero-order valence-electron chi connectivity index (χ0n) is 16.0. The first-order valence-electron chi connectivity index (χ1n) is 9.22. The van der Waals surface area contributed by atoms with E-state index in [1.54, 1.807) is 23.9 Å². The summed E-state index contributed by atoms with van der Waals surface area (Å²) in [6.07, 6.45) is 4.20. The Balaban J connectivity index is 1.89. The van der Waals surface area contributed by atoms with E-state index >= 15 is 0 Å². The lowest BCUT2D eigenvalue weighted by molar-refractivity contribution is 0.0998. The average Bonchev–Trinajstić information content (AvgIpc) is 3.02. The minimum absolute atomic E-state index is 0.233. The number of hydrogen-bond donors (Lipinski definition) is 0. The number of benzene rings is 2. The topological polar surface area (TPSA) is 43.6 Å². The average molecular weight is 479 g/mol. The van der Waals surface area contributed by atoms with Crippen molar-refractivity contribution in [3.63, 3.8) is 0 Å². The van der Waals surface area contributed by atoms with Crippen LogP contribution in [-0.4, -0.2) is 29.1 Å². The first kappa shape index (κ1) is 21.1. The quantitative estimate of drug-likeness (QED) is 0.387. The molecule has 148 valence electrons. The van der Waals surface area contributed by atoms with Crippen molar-refractivity contribution in [3.8, 4) is 5.75 Å². The maximum atomic E-state index is 12.7. The summed E-state index contributed by atoms with van der Waals surface area (Å²) in [5.41, 5.74) is 1.67. The van der Waals surface area contributed by atoms with Crippen molar-refractivity contribution in [3.05, 3.63) is 57.3 Å². The Kier molecular flexibility index (Phi) is 7.76. The zero-order valence-corrected chi connectivity index (χ0v) is 19.2. The number of unbranched alkanes of at least 4 members (excludes halogenated alkanes) is 1.